The van der Waals surface area contributed by atoms with E-state index in [4.69, 9.17) is 15.6 Å². The highest BCUT2D eigenvalue weighted by atomic mass is 19.4. The van der Waals surface area contributed by atoms with Gasteiger partial charge in [0.2, 0.25) is 23.6 Å². The van der Waals surface area contributed by atoms with E-state index in [0.29, 0.717) is 25.3 Å². The molecule has 1 aliphatic heterocycles. The average molecular weight is 638 g/mol. The molecule has 0 aromatic heterocycles. The number of quaternary nitrogens is 1. The van der Waals surface area contributed by atoms with Gasteiger partial charge in [-0.3, -0.25) is 24.0 Å². The summed E-state index contributed by atoms with van der Waals surface area (Å²) in [4.78, 5) is 71.8. The van der Waals surface area contributed by atoms with Crippen LogP contribution in [0.15, 0.2) is 0 Å². The minimum Gasteiger partial charge on any atom is -0.542 e. The van der Waals surface area contributed by atoms with Gasteiger partial charge >= 0.3 is 12.1 Å². The quantitative estimate of drug-likeness (QED) is 0.152. The highest BCUT2D eigenvalue weighted by Crippen LogP contribution is 2.27. The number of rotatable bonds is 15. The number of piperidine rings is 1. The summed E-state index contributed by atoms with van der Waals surface area (Å²) in [6.07, 6.45) is 4.17. The molecule has 13 nitrogen and oxygen atoms in total. The Morgan fingerprint density at radius 2 is 1.57 bits per heavy atom. The van der Waals surface area contributed by atoms with Crippen molar-refractivity contribution >= 4 is 35.6 Å². The predicted molar refractivity (Wildman–Crippen MR) is 148 cm³/mol. The van der Waals surface area contributed by atoms with E-state index in [9.17, 15) is 42.3 Å². The van der Waals surface area contributed by atoms with Crippen molar-refractivity contribution in [3.8, 4) is 0 Å². The molecular weight excluding hydrogens is 591 g/mol. The fourth-order valence-electron chi connectivity index (χ4n) is 5.43. The Kier molecular flexibility index (Phi) is 17.3. The molecule has 0 aromatic rings. The zero-order chi connectivity index (χ0) is 33.3. The summed E-state index contributed by atoms with van der Waals surface area (Å²) in [7, 11) is 0. The van der Waals surface area contributed by atoms with Gasteiger partial charge in [-0.1, -0.05) is 32.1 Å². The Balaban J connectivity index is 0.00000123. The van der Waals surface area contributed by atoms with Crippen LogP contribution in [-0.2, 0) is 28.8 Å². The van der Waals surface area contributed by atoms with Gasteiger partial charge in [-0.2, -0.15) is 13.2 Å². The summed E-state index contributed by atoms with van der Waals surface area (Å²) in [6, 6.07) is -2.31. The maximum atomic E-state index is 12.9. The second-order valence-corrected chi connectivity index (χ2v) is 11.3. The maximum Gasteiger partial charge on any atom is 0.430 e. The molecule has 44 heavy (non-hydrogen) atoms. The maximum absolute atomic E-state index is 12.9. The van der Waals surface area contributed by atoms with Gasteiger partial charge < -0.3 is 41.6 Å². The zero-order valence-electron chi connectivity index (χ0n) is 25.2. The number of nitrogens with two attached hydrogens (primary N) is 2. The average Bonchev–Trinajstić information content (AvgIpc) is 2.95. The van der Waals surface area contributed by atoms with Crippen LogP contribution in [0.5, 0.6) is 0 Å². The summed E-state index contributed by atoms with van der Waals surface area (Å²) in [5, 5.41) is 25.4. The number of nitrogens with zero attached hydrogens (tertiary/aromatic N) is 1. The molecule has 2 fully saturated rings. The standard InChI is InChI=1S/C26H45N5O6.C2HF3O2/c1-2-31(23(33)10-6-9-18-11-13-28-14-12-18)17-22(32)29-21(16-24(34)35)26(37)30-20(25(27)36)15-19-7-4-3-5-8-19;3-2(4,5)1(6)7/h18-21,28H,2-17H2,1H3,(H2,27,36)(H,29,32)(H,30,37)(H,34,35);(H,6,7)/t20-,21-;/m0./s1. The van der Waals surface area contributed by atoms with Gasteiger partial charge in [0.15, 0.2) is 0 Å². The largest absolute Gasteiger partial charge is 0.542 e. The number of carbonyl (C=O) groups excluding carboxylic acids is 5. The Morgan fingerprint density at radius 3 is 2.07 bits per heavy atom. The lowest BCUT2D eigenvalue weighted by atomic mass is 9.84. The summed E-state index contributed by atoms with van der Waals surface area (Å²) >= 11 is 0. The van der Waals surface area contributed by atoms with Gasteiger partial charge in [0, 0.05) is 13.0 Å². The molecule has 16 heteroatoms. The fourth-order valence-corrected chi connectivity index (χ4v) is 5.43. The highest BCUT2D eigenvalue weighted by Gasteiger charge is 2.31. The van der Waals surface area contributed by atoms with Crippen LogP contribution in [-0.4, -0.2) is 90.0 Å². The number of carboxylic acids is 2. The third kappa shape index (κ3) is 15.9. The minimum absolute atomic E-state index is 0.138. The molecule has 7 N–H and O–H groups in total. The summed E-state index contributed by atoms with van der Waals surface area (Å²) in [5.41, 5.74) is 5.51. The fraction of sp³-hybridized carbons (Fsp3) is 0.786. The first-order chi connectivity index (χ1) is 20.6. The molecule has 4 amide bonds. The van der Waals surface area contributed by atoms with Crippen molar-refractivity contribution in [3.63, 3.8) is 0 Å². The van der Waals surface area contributed by atoms with E-state index in [1.54, 1.807) is 6.92 Å². The van der Waals surface area contributed by atoms with Crippen molar-refractivity contribution in [1.82, 2.24) is 15.5 Å². The van der Waals surface area contributed by atoms with E-state index >= 15 is 0 Å². The normalized spacial score (nSPS) is 17.3. The van der Waals surface area contributed by atoms with Crippen molar-refractivity contribution < 1.29 is 57.5 Å². The Hall–Kier alpha value is -3.43. The van der Waals surface area contributed by atoms with Crippen LogP contribution in [0.1, 0.15) is 84.0 Å². The second kappa shape index (κ2) is 19.8. The molecule has 252 valence electrons. The van der Waals surface area contributed by atoms with Crippen LogP contribution in [0.2, 0.25) is 0 Å². The Bertz CT molecular complexity index is 969. The van der Waals surface area contributed by atoms with E-state index in [2.05, 4.69) is 16.0 Å². The smallest absolute Gasteiger partial charge is 0.430 e. The van der Waals surface area contributed by atoms with Crippen molar-refractivity contribution in [3.05, 3.63) is 0 Å². The predicted octanol–water partition coefficient (Wildman–Crippen LogP) is -0.823. The van der Waals surface area contributed by atoms with Crippen LogP contribution in [0.4, 0.5) is 13.2 Å². The molecule has 1 aliphatic carbocycles. The zero-order valence-corrected chi connectivity index (χ0v) is 25.2. The molecule has 0 spiro atoms. The first kappa shape index (κ1) is 38.6. The number of hydrogen-bond donors (Lipinski definition) is 5. The van der Waals surface area contributed by atoms with Crippen LogP contribution in [0, 0.1) is 11.8 Å². The third-order valence-electron chi connectivity index (χ3n) is 7.85. The number of aliphatic carboxylic acids is 2. The Morgan fingerprint density at radius 1 is 0.977 bits per heavy atom. The Labute approximate surface area is 254 Å². The van der Waals surface area contributed by atoms with Crippen molar-refractivity contribution in [2.75, 3.05) is 26.2 Å². The summed E-state index contributed by atoms with van der Waals surface area (Å²) in [6.45, 7) is 4.09. The monoisotopic (exact) mass is 637 g/mol. The highest BCUT2D eigenvalue weighted by molar-refractivity contribution is 5.94. The molecule has 2 aliphatic rings. The molecule has 0 aromatic carbocycles. The van der Waals surface area contributed by atoms with Crippen LogP contribution < -0.4 is 26.8 Å². The van der Waals surface area contributed by atoms with Crippen molar-refractivity contribution in [2.24, 2.45) is 17.6 Å². The van der Waals surface area contributed by atoms with Crippen LogP contribution in [0.25, 0.3) is 0 Å². The number of alkyl halides is 3. The van der Waals surface area contributed by atoms with Gasteiger partial charge in [-0.05, 0) is 50.9 Å². The third-order valence-corrected chi connectivity index (χ3v) is 7.85. The number of primary amides is 1. The van der Waals surface area contributed by atoms with E-state index in [0.717, 1.165) is 58.0 Å². The lowest BCUT2D eigenvalue weighted by molar-refractivity contribution is -0.664. The van der Waals surface area contributed by atoms with E-state index < -0.39 is 54.3 Å². The molecule has 1 heterocycles. The molecule has 0 bridgehead atoms. The van der Waals surface area contributed by atoms with Gasteiger partial charge in [0.05, 0.1) is 26.1 Å². The molecule has 1 saturated heterocycles. The second-order valence-electron chi connectivity index (χ2n) is 11.3. The number of nitrogens with one attached hydrogen (secondary N) is 2. The number of hydrogen-bond acceptors (Lipinski definition) is 7. The summed E-state index contributed by atoms with van der Waals surface area (Å²) in [5.74, 6) is -5.58. The minimum atomic E-state index is -5.19. The number of carboxylic acid groups (broad SMARTS) is 2. The molecule has 2 atom stereocenters. The lowest BCUT2D eigenvalue weighted by Crippen LogP contribution is -2.86. The molecule has 0 unspecified atom stereocenters. The molecule has 0 radical (unpaired) electrons. The van der Waals surface area contributed by atoms with Gasteiger partial charge in [-0.25, -0.2) is 0 Å². The van der Waals surface area contributed by atoms with Gasteiger partial charge in [-0.15, -0.1) is 0 Å². The van der Waals surface area contributed by atoms with E-state index in [-0.39, 0.29) is 18.4 Å². The van der Waals surface area contributed by atoms with Gasteiger partial charge in [0.25, 0.3) is 0 Å². The van der Waals surface area contributed by atoms with E-state index in [1.807, 2.05) is 0 Å². The topological polar surface area (TPSA) is 216 Å². The number of amides is 4. The van der Waals surface area contributed by atoms with Crippen molar-refractivity contribution in [2.45, 2.75) is 102 Å². The first-order valence-electron chi connectivity index (χ1n) is 15.1. The van der Waals surface area contributed by atoms with Crippen LogP contribution >= 0.6 is 0 Å². The van der Waals surface area contributed by atoms with Gasteiger partial charge in [0.1, 0.15) is 18.1 Å². The molecular formula is C28H46F3N5O8. The number of likely N-dealkylation sites (N-methyl/N-ethyl adjacent to an activating group) is 1. The summed E-state index contributed by atoms with van der Waals surface area (Å²) < 4.78 is 31.5. The van der Waals surface area contributed by atoms with Crippen LogP contribution in [0.3, 0.4) is 0 Å². The SMILES string of the molecule is CCN(CC(=O)N[C@@H](CC(=O)O)C(=O)N[C@@H](CC1CCCCC1)C(N)=O)C(=O)CCCC1CC[NH2+]CC1.O=C([O-])C(F)(F)F. The lowest BCUT2D eigenvalue weighted by Gasteiger charge is -2.27. The molecule has 1 saturated carbocycles. The van der Waals surface area contributed by atoms with E-state index in [1.165, 1.54) is 17.7 Å². The van der Waals surface area contributed by atoms with Crippen molar-refractivity contribution in [1.29, 1.82) is 0 Å². The molecule has 2 rings (SSSR count). The first-order valence-corrected chi connectivity index (χ1v) is 15.1. The number of halogens is 3. The number of carbonyl (C=O) groups is 6.